The van der Waals surface area contributed by atoms with E-state index < -0.39 is 0 Å². The van der Waals surface area contributed by atoms with E-state index in [9.17, 15) is 4.79 Å². The molecule has 0 atom stereocenters. The number of halogens is 1. The fraction of sp³-hybridized carbons (Fsp3) is 0.294. The minimum absolute atomic E-state index is 0.199. The van der Waals surface area contributed by atoms with E-state index >= 15 is 0 Å². The number of anilines is 3. The number of benzene rings is 1. The molecular weight excluding hydrogens is 328 g/mol. The second-order valence-corrected chi connectivity index (χ2v) is 6.14. The van der Waals surface area contributed by atoms with Crippen molar-refractivity contribution in [3.8, 4) is 5.75 Å². The molecule has 126 valence electrons. The first-order valence-electron chi connectivity index (χ1n) is 7.70. The Labute approximate surface area is 145 Å². The van der Waals surface area contributed by atoms with Crippen molar-refractivity contribution in [1.29, 1.82) is 0 Å². The third kappa shape index (κ3) is 4.08. The predicted octanol–water partition coefficient (Wildman–Crippen LogP) is 4.08. The first-order valence-corrected chi connectivity index (χ1v) is 8.07. The molecule has 1 saturated carbocycles. The van der Waals surface area contributed by atoms with Gasteiger partial charge in [-0.25, -0.2) is 9.78 Å². The summed E-state index contributed by atoms with van der Waals surface area (Å²) in [4.78, 5) is 16.0. The van der Waals surface area contributed by atoms with E-state index in [1.165, 1.54) is 0 Å². The van der Waals surface area contributed by atoms with E-state index in [0.29, 0.717) is 28.3 Å². The monoisotopic (exact) mass is 346 g/mol. The Balaban J connectivity index is 1.67. The van der Waals surface area contributed by atoms with Gasteiger partial charge in [0.25, 0.3) is 0 Å². The molecular formula is C17H19ClN4O2. The molecule has 1 aromatic carbocycles. The molecule has 0 aliphatic heterocycles. The molecule has 3 rings (SSSR count). The lowest BCUT2D eigenvalue weighted by Gasteiger charge is -2.13. The zero-order chi connectivity index (χ0) is 17.1. The van der Waals surface area contributed by atoms with E-state index in [1.54, 1.807) is 31.5 Å². The first-order chi connectivity index (χ1) is 11.5. The molecule has 6 nitrogen and oxygen atoms in total. The summed E-state index contributed by atoms with van der Waals surface area (Å²) < 4.78 is 5.33. The minimum Gasteiger partial charge on any atom is -0.495 e. The average Bonchev–Trinajstić information content (AvgIpc) is 3.36. The molecule has 2 amide bonds. The van der Waals surface area contributed by atoms with E-state index in [4.69, 9.17) is 16.3 Å². The molecule has 1 heterocycles. The van der Waals surface area contributed by atoms with Crippen molar-refractivity contribution in [1.82, 2.24) is 10.3 Å². The minimum atomic E-state index is -0.199. The Morgan fingerprint density at radius 2 is 2.12 bits per heavy atom. The summed E-state index contributed by atoms with van der Waals surface area (Å²) in [6.45, 7) is 1.92. The van der Waals surface area contributed by atoms with Crippen LogP contribution in [0.1, 0.15) is 18.4 Å². The molecule has 2 aromatic rings. The lowest BCUT2D eigenvalue weighted by molar-refractivity contribution is 0.251. The predicted molar refractivity (Wildman–Crippen MR) is 95.4 cm³/mol. The molecule has 1 aromatic heterocycles. The number of hydrogen-bond acceptors (Lipinski definition) is 4. The van der Waals surface area contributed by atoms with Gasteiger partial charge in [0, 0.05) is 17.1 Å². The van der Waals surface area contributed by atoms with Crippen molar-refractivity contribution >= 4 is 34.8 Å². The van der Waals surface area contributed by atoms with Gasteiger partial charge in [0.15, 0.2) is 0 Å². The number of aryl methyl sites for hydroxylation is 1. The van der Waals surface area contributed by atoms with Crippen molar-refractivity contribution in [2.75, 3.05) is 17.7 Å². The van der Waals surface area contributed by atoms with E-state index in [-0.39, 0.29) is 6.03 Å². The highest BCUT2D eigenvalue weighted by Crippen LogP contribution is 2.32. The van der Waals surface area contributed by atoms with Gasteiger partial charge in [-0.3, -0.25) is 0 Å². The number of carbonyl (C=O) groups is 1. The molecule has 0 saturated heterocycles. The highest BCUT2D eigenvalue weighted by atomic mass is 35.5. The summed E-state index contributed by atoms with van der Waals surface area (Å²) in [7, 11) is 1.59. The van der Waals surface area contributed by atoms with Crippen molar-refractivity contribution in [2.45, 2.75) is 25.8 Å². The summed E-state index contributed by atoms with van der Waals surface area (Å²) in [5.41, 5.74) is 2.35. The van der Waals surface area contributed by atoms with Gasteiger partial charge in [0.2, 0.25) is 0 Å². The Hall–Kier alpha value is -2.47. The maximum Gasteiger partial charge on any atom is 0.319 e. The van der Waals surface area contributed by atoms with Crippen molar-refractivity contribution in [3.05, 3.63) is 41.0 Å². The lowest BCUT2D eigenvalue weighted by Crippen LogP contribution is -2.30. The second-order valence-electron chi connectivity index (χ2n) is 5.73. The van der Waals surface area contributed by atoms with Crippen LogP contribution in [0.15, 0.2) is 30.5 Å². The summed E-state index contributed by atoms with van der Waals surface area (Å²) >= 11 is 6.11. The van der Waals surface area contributed by atoms with Crippen LogP contribution in [0.5, 0.6) is 5.75 Å². The number of aromatic nitrogens is 1. The number of methoxy groups -OCH3 is 1. The van der Waals surface area contributed by atoms with Gasteiger partial charge in [-0.1, -0.05) is 11.6 Å². The number of pyridine rings is 1. The molecule has 1 fully saturated rings. The van der Waals surface area contributed by atoms with Crippen LogP contribution in [-0.4, -0.2) is 24.2 Å². The van der Waals surface area contributed by atoms with E-state index in [1.807, 2.05) is 13.0 Å². The van der Waals surface area contributed by atoms with Gasteiger partial charge in [0.1, 0.15) is 11.6 Å². The van der Waals surface area contributed by atoms with Crippen LogP contribution in [0.3, 0.4) is 0 Å². The maximum atomic E-state index is 11.7. The largest absolute Gasteiger partial charge is 0.495 e. The highest BCUT2D eigenvalue weighted by Gasteiger charge is 2.23. The molecule has 3 N–H and O–H groups in total. The SMILES string of the molecule is COc1cc(Cl)c(C)cc1Nc1ccc(NC(=O)NC2CC2)cn1. The van der Waals surface area contributed by atoms with E-state index in [2.05, 4.69) is 20.9 Å². The number of rotatable bonds is 5. The topological polar surface area (TPSA) is 75.3 Å². The van der Waals surface area contributed by atoms with Crippen molar-refractivity contribution < 1.29 is 9.53 Å². The lowest BCUT2D eigenvalue weighted by atomic mass is 10.2. The van der Waals surface area contributed by atoms with Crippen LogP contribution in [0.4, 0.5) is 22.0 Å². The van der Waals surface area contributed by atoms with Crippen LogP contribution in [-0.2, 0) is 0 Å². The summed E-state index contributed by atoms with van der Waals surface area (Å²) in [6.07, 6.45) is 3.71. The molecule has 24 heavy (non-hydrogen) atoms. The van der Waals surface area contributed by atoms with Crippen LogP contribution in [0.2, 0.25) is 5.02 Å². The molecule has 7 heteroatoms. The van der Waals surface area contributed by atoms with Crippen molar-refractivity contribution in [2.24, 2.45) is 0 Å². The van der Waals surface area contributed by atoms with Gasteiger partial charge < -0.3 is 20.7 Å². The molecule has 1 aliphatic carbocycles. The summed E-state index contributed by atoms with van der Waals surface area (Å²) in [5.74, 6) is 1.28. The Morgan fingerprint density at radius 3 is 2.75 bits per heavy atom. The van der Waals surface area contributed by atoms with E-state index in [0.717, 1.165) is 24.1 Å². The highest BCUT2D eigenvalue weighted by molar-refractivity contribution is 6.31. The van der Waals surface area contributed by atoms with Crippen molar-refractivity contribution in [3.63, 3.8) is 0 Å². The maximum absolute atomic E-state index is 11.7. The third-order valence-corrected chi connectivity index (χ3v) is 4.08. The van der Waals surface area contributed by atoms with Gasteiger partial charge >= 0.3 is 6.03 Å². The average molecular weight is 347 g/mol. The summed E-state index contributed by atoms with van der Waals surface area (Å²) in [6, 6.07) is 7.36. The fourth-order valence-corrected chi connectivity index (χ4v) is 2.34. The first kappa shape index (κ1) is 16.4. The number of ether oxygens (including phenoxy) is 1. The normalized spacial score (nSPS) is 13.3. The number of nitrogens with one attached hydrogen (secondary N) is 3. The van der Waals surface area contributed by atoms with Crippen LogP contribution >= 0.6 is 11.6 Å². The third-order valence-electron chi connectivity index (χ3n) is 3.68. The van der Waals surface area contributed by atoms with Gasteiger partial charge in [0.05, 0.1) is 24.7 Å². The summed E-state index contributed by atoms with van der Waals surface area (Å²) in [5, 5.41) is 9.46. The fourth-order valence-electron chi connectivity index (χ4n) is 2.19. The molecule has 1 aliphatic rings. The van der Waals surface area contributed by atoms with Gasteiger partial charge in [-0.05, 0) is 43.5 Å². The quantitative estimate of drug-likeness (QED) is 0.762. The number of nitrogens with zero attached hydrogens (tertiary/aromatic N) is 1. The Kier molecular flexibility index (Phi) is 4.76. The van der Waals surface area contributed by atoms with Crippen LogP contribution in [0.25, 0.3) is 0 Å². The number of hydrogen-bond donors (Lipinski definition) is 3. The van der Waals surface area contributed by atoms with Crippen LogP contribution < -0.4 is 20.7 Å². The molecule has 0 bridgehead atoms. The standard InChI is InChI=1S/C17H19ClN4O2/c1-10-7-14(15(24-2)8-13(10)18)22-16-6-5-12(9-19-16)21-17(23)20-11-3-4-11/h5-9,11H,3-4H2,1-2H3,(H,19,22)(H2,20,21,23). The second kappa shape index (κ2) is 6.97. The number of carbonyl (C=O) groups excluding carboxylic acids is 1. The molecule has 0 spiro atoms. The molecule has 0 radical (unpaired) electrons. The van der Waals surface area contributed by atoms with Crippen LogP contribution in [0, 0.1) is 6.92 Å². The Morgan fingerprint density at radius 1 is 1.33 bits per heavy atom. The zero-order valence-electron chi connectivity index (χ0n) is 13.5. The Bertz CT molecular complexity index is 745. The smallest absolute Gasteiger partial charge is 0.319 e. The molecule has 0 unspecified atom stereocenters. The zero-order valence-corrected chi connectivity index (χ0v) is 14.3. The van der Waals surface area contributed by atoms with Gasteiger partial charge in [-0.2, -0.15) is 0 Å². The number of urea groups is 1. The van der Waals surface area contributed by atoms with Gasteiger partial charge in [-0.15, -0.1) is 0 Å². The number of amides is 2.